The van der Waals surface area contributed by atoms with Gasteiger partial charge < -0.3 is 5.32 Å². The zero-order valence-electron chi connectivity index (χ0n) is 8.25. The Kier molecular flexibility index (Phi) is 4.31. The van der Waals surface area contributed by atoms with Gasteiger partial charge in [0.1, 0.15) is 5.69 Å². The van der Waals surface area contributed by atoms with E-state index in [1.807, 2.05) is 0 Å². The number of nitro groups is 2. The van der Waals surface area contributed by atoms with E-state index in [9.17, 15) is 25.0 Å². The topological polar surface area (TPSA) is 115 Å². The summed E-state index contributed by atoms with van der Waals surface area (Å²) in [6.07, 6.45) is 0. The Morgan fingerprint density at radius 1 is 1.29 bits per heavy atom. The van der Waals surface area contributed by atoms with Crippen molar-refractivity contribution in [3.63, 3.8) is 0 Å². The van der Waals surface area contributed by atoms with Gasteiger partial charge in [0.05, 0.1) is 20.3 Å². The van der Waals surface area contributed by atoms with Crippen LogP contribution in [0.3, 0.4) is 0 Å². The van der Waals surface area contributed by atoms with Gasteiger partial charge in [-0.2, -0.15) is 0 Å². The quantitative estimate of drug-likeness (QED) is 0.385. The van der Waals surface area contributed by atoms with E-state index in [-0.39, 0.29) is 10.1 Å². The van der Waals surface area contributed by atoms with Crippen LogP contribution in [-0.2, 0) is 4.79 Å². The summed E-state index contributed by atoms with van der Waals surface area (Å²) < 4.78 is 0.131. The molecule has 0 saturated heterocycles. The fourth-order valence-electron chi connectivity index (χ4n) is 1.07. The molecule has 17 heavy (non-hydrogen) atoms. The van der Waals surface area contributed by atoms with Crippen molar-refractivity contribution in [2.45, 2.75) is 0 Å². The van der Waals surface area contributed by atoms with Crippen LogP contribution in [0.5, 0.6) is 0 Å². The van der Waals surface area contributed by atoms with E-state index >= 15 is 0 Å². The molecule has 0 radical (unpaired) electrons. The van der Waals surface area contributed by atoms with Crippen LogP contribution in [0.15, 0.2) is 18.2 Å². The standard InChI is InChI=1S/C8H6IN3O5/c9-4-8(13)10-6-2-1-5(11(14)15)3-7(6)12(16)17/h1-3H,4H2,(H,10,13). The van der Waals surface area contributed by atoms with Gasteiger partial charge in [0.25, 0.3) is 11.4 Å². The van der Waals surface area contributed by atoms with Crippen LogP contribution in [0, 0.1) is 20.2 Å². The lowest BCUT2D eigenvalue weighted by molar-refractivity contribution is -0.393. The highest BCUT2D eigenvalue weighted by molar-refractivity contribution is 14.1. The highest BCUT2D eigenvalue weighted by Crippen LogP contribution is 2.28. The molecule has 1 amide bonds. The molecular formula is C8H6IN3O5. The Morgan fingerprint density at radius 3 is 2.41 bits per heavy atom. The van der Waals surface area contributed by atoms with Crippen molar-refractivity contribution in [1.82, 2.24) is 0 Å². The molecule has 1 N–H and O–H groups in total. The Labute approximate surface area is 108 Å². The first-order valence-electron chi connectivity index (χ1n) is 4.24. The molecule has 0 aliphatic heterocycles. The summed E-state index contributed by atoms with van der Waals surface area (Å²) in [6, 6.07) is 3.04. The third-order valence-electron chi connectivity index (χ3n) is 1.78. The van der Waals surface area contributed by atoms with Crippen LogP contribution in [0.4, 0.5) is 17.1 Å². The first-order chi connectivity index (χ1) is 7.95. The van der Waals surface area contributed by atoms with Gasteiger partial charge in [-0.1, -0.05) is 22.6 Å². The van der Waals surface area contributed by atoms with E-state index in [2.05, 4.69) is 5.32 Å². The number of nitro benzene ring substituents is 2. The number of hydrogen-bond donors (Lipinski definition) is 1. The number of nitrogens with zero attached hydrogens (tertiary/aromatic N) is 2. The maximum atomic E-state index is 11.1. The van der Waals surface area contributed by atoms with Gasteiger partial charge in [0.2, 0.25) is 5.91 Å². The number of alkyl halides is 1. The predicted molar refractivity (Wildman–Crippen MR) is 67.3 cm³/mol. The SMILES string of the molecule is O=C(CI)Nc1ccc([N+](=O)[O-])cc1[N+](=O)[O-]. The molecule has 0 aromatic heterocycles. The number of nitrogens with one attached hydrogen (secondary N) is 1. The molecule has 1 aromatic carbocycles. The van der Waals surface area contributed by atoms with Crippen molar-refractivity contribution in [3.8, 4) is 0 Å². The number of amides is 1. The molecule has 0 unspecified atom stereocenters. The average Bonchev–Trinajstić information content (AvgIpc) is 2.28. The summed E-state index contributed by atoms with van der Waals surface area (Å²) in [5.74, 6) is -0.414. The number of anilines is 1. The first-order valence-corrected chi connectivity index (χ1v) is 5.77. The Morgan fingerprint density at radius 2 is 1.94 bits per heavy atom. The largest absolute Gasteiger partial charge is 0.320 e. The molecule has 0 bridgehead atoms. The number of carbonyl (C=O) groups excluding carboxylic acids is 1. The van der Waals surface area contributed by atoms with Gasteiger partial charge in [-0.3, -0.25) is 25.0 Å². The maximum absolute atomic E-state index is 11.1. The third kappa shape index (κ3) is 3.34. The fraction of sp³-hybridized carbons (Fsp3) is 0.125. The zero-order chi connectivity index (χ0) is 13.0. The van der Waals surface area contributed by atoms with Crippen LogP contribution in [0.25, 0.3) is 0 Å². The number of benzene rings is 1. The van der Waals surface area contributed by atoms with Crippen LogP contribution in [-0.4, -0.2) is 20.2 Å². The Balaban J connectivity index is 3.17. The summed E-state index contributed by atoms with van der Waals surface area (Å²) in [6.45, 7) is 0. The molecule has 0 aliphatic rings. The van der Waals surface area contributed by atoms with E-state index in [1.165, 1.54) is 0 Å². The van der Waals surface area contributed by atoms with E-state index in [0.29, 0.717) is 0 Å². The van der Waals surface area contributed by atoms with Gasteiger partial charge in [-0.25, -0.2) is 0 Å². The highest BCUT2D eigenvalue weighted by atomic mass is 127. The van der Waals surface area contributed by atoms with E-state index in [0.717, 1.165) is 18.2 Å². The molecule has 1 aromatic rings. The maximum Gasteiger partial charge on any atom is 0.299 e. The molecule has 9 heteroatoms. The second kappa shape index (κ2) is 5.52. The van der Waals surface area contributed by atoms with E-state index < -0.39 is 27.1 Å². The second-order valence-electron chi connectivity index (χ2n) is 2.90. The minimum Gasteiger partial charge on any atom is -0.320 e. The van der Waals surface area contributed by atoms with Crippen molar-refractivity contribution < 1.29 is 14.6 Å². The summed E-state index contributed by atoms with van der Waals surface area (Å²) in [5.41, 5.74) is -0.955. The molecule has 0 atom stereocenters. The first kappa shape index (κ1) is 13.3. The van der Waals surface area contributed by atoms with E-state index in [1.54, 1.807) is 22.6 Å². The summed E-state index contributed by atoms with van der Waals surface area (Å²) in [5, 5.41) is 23.5. The normalized spacial score (nSPS) is 9.71. The lowest BCUT2D eigenvalue weighted by Crippen LogP contribution is -2.13. The number of halogens is 1. The molecule has 0 saturated carbocycles. The summed E-state index contributed by atoms with van der Waals surface area (Å²) in [7, 11) is 0. The van der Waals surface area contributed by atoms with Gasteiger partial charge in [0, 0.05) is 6.07 Å². The van der Waals surface area contributed by atoms with Crippen molar-refractivity contribution >= 4 is 45.6 Å². The number of hydrogen-bond acceptors (Lipinski definition) is 5. The van der Waals surface area contributed by atoms with Crippen molar-refractivity contribution in [3.05, 3.63) is 38.4 Å². The number of carbonyl (C=O) groups is 1. The van der Waals surface area contributed by atoms with Gasteiger partial charge in [0.15, 0.2) is 0 Å². The molecule has 1 rings (SSSR count). The molecular weight excluding hydrogens is 345 g/mol. The smallest absolute Gasteiger partial charge is 0.299 e. The van der Waals surface area contributed by atoms with Crippen LogP contribution in [0.2, 0.25) is 0 Å². The molecule has 8 nitrogen and oxygen atoms in total. The number of non-ortho nitro benzene ring substituents is 1. The van der Waals surface area contributed by atoms with Gasteiger partial charge in [-0.15, -0.1) is 0 Å². The highest BCUT2D eigenvalue weighted by Gasteiger charge is 2.20. The van der Waals surface area contributed by atoms with Crippen LogP contribution < -0.4 is 5.32 Å². The molecule has 0 fully saturated rings. The zero-order valence-corrected chi connectivity index (χ0v) is 10.4. The minimum absolute atomic E-state index is 0.0535. The van der Waals surface area contributed by atoms with Gasteiger partial charge >= 0.3 is 0 Å². The van der Waals surface area contributed by atoms with Crippen molar-refractivity contribution in [2.75, 3.05) is 9.74 Å². The van der Waals surface area contributed by atoms with Gasteiger partial charge in [-0.05, 0) is 6.07 Å². The summed E-state index contributed by atoms with van der Waals surface area (Å²) >= 11 is 1.80. The third-order valence-corrected chi connectivity index (χ3v) is 2.48. The minimum atomic E-state index is -0.782. The second-order valence-corrected chi connectivity index (χ2v) is 3.66. The molecule has 0 aliphatic carbocycles. The Hall–Kier alpha value is -1.78. The molecule has 90 valence electrons. The van der Waals surface area contributed by atoms with Crippen LogP contribution >= 0.6 is 22.6 Å². The van der Waals surface area contributed by atoms with Crippen molar-refractivity contribution in [2.24, 2.45) is 0 Å². The molecule has 0 heterocycles. The predicted octanol–water partition coefficient (Wildman–Crippen LogP) is 1.88. The van der Waals surface area contributed by atoms with Crippen LogP contribution in [0.1, 0.15) is 0 Å². The number of rotatable bonds is 4. The summed E-state index contributed by atoms with van der Waals surface area (Å²) in [4.78, 5) is 30.7. The lowest BCUT2D eigenvalue weighted by Gasteiger charge is -2.03. The Bertz CT molecular complexity index is 490. The van der Waals surface area contributed by atoms with Crippen molar-refractivity contribution in [1.29, 1.82) is 0 Å². The lowest BCUT2D eigenvalue weighted by atomic mass is 10.2. The molecule has 0 spiro atoms. The fourth-order valence-corrected chi connectivity index (χ4v) is 1.26. The average molecular weight is 351 g/mol. The monoisotopic (exact) mass is 351 g/mol. The van der Waals surface area contributed by atoms with E-state index in [4.69, 9.17) is 0 Å².